The van der Waals surface area contributed by atoms with Crippen LogP contribution in [-0.4, -0.2) is 26.0 Å². The molecule has 0 spiro atoms. The number of nitrogens with one attached hydrogen (secondary N) is 2. The van der Waals surface area contributed by atoms with Crippen LogP contribution in [0.3, 0.4) is 0 Å². The lowest BCUT2D eigenvalue weighted by molar-refractivity contribution is -0.124. The van der Waals surface area contributed by atoms with Crippen molar-refractivity contribution in [3.8, 4) is 0 Å². The van der Waals surface area contributed by atoms with Gasteiger partial charge in [-0.05, 0) is 54.2 Å². The summed E-state index contributed by atoms with van der Waals surface area (Å²) >= 11 is 0. The summed E-state index contributed by atoms with van der Waals surface area (Å²) in [5.41, 5.74) is 4.62. The lowest BCUT2D eigenvalue weighted by Crippen LogP contribution is -2.40. The summed E-state index contributed by atoms with van der Waals surface area (Å²) in [5.74, 6) is 0.358. The van der Waals surface area contributed by atoms with Gasteiger partial charge in [-0.3, -0.25) is 4.79 Å². The van der Waals surface area contributed by atoms with Crippen LogP contribution in [0.4, 0.5) is 11.4 Å². The molecule has 2 N–H and O–H groups in total. The van der Waals surface area contributed by atoms with E-state index in [2.05, 4.69) is 64.1 Å². The average molecular weight is 414 g/mol. The fourth-order valence-corrected chi connectivity index (χ4v) is 4.52. The van der Waals surface area contributed by atoms with E-state index in [0.29, 0.717) is 12.5 Å². The predicted molar refractivity (Wildman–Crippen MR) is 128 cm³/mol. The van der Waals surface area contributed by atoms with Crippen LogP contribution >= 0.6 is 0 Å². The lowest BCUT2D eigenvalue weighted by Gasteiger charge is -2.37. The van der Waals surface area contributed by atoms with Gasteiger partial charge in [0, 0.05) is 38.1 Å². The average Bonchev–Trinajstić information content (AvgIpc) is 2.85. The van der Waals surface area contributed by atoms with Gasteiger partial charge < -0.3 is 15.5 Å². The van der Waals surface area contributed by atoms with Gasteiger partial charge in [-0.25, -0.2) is 0 Å². The highest BCUT2D eigenvalue weighted by molar-refractivity contribution is 5.84. The number of rotatable bonds is 7. The second-order valence-electron chi connectivity index (χ2n) is 8.21. The smallest absolute Gasteiger partial charge is 0.228 e. The molecule has 1 amide bonds. The first kappa shape index (κ1) is 21.0. The molecule has 4 nitrogen and oxygen atoms in total. The Morgan fingerprint density at radius 1 is 0.903 bits per heavy atom. The van der Waals surface area contributed by atoms with Crippen molar-refractivity contribution in [2.45, 2.75) is 25.3 Å². The van der Waals surface area contributed by atoms with Crippen LogP contribution in [0.1, 0.15) is 29.9 Å². The maximum Gasteiger partial charge on any atom is 0.228 e. The number of benzene rings is 3. The molecule has 3 aromatic carbocycles. The van der Waals surface area contributed by atoms with E-state index in [1.165, 1.54) is 5.69 Å². The van der Waals surface area contributed by atoms with E-state index in [4.69, 9.17) is 0 Å². The van der Waals surface area contributed by atoms with Gasteiger partial charge in [0.05, 0.1) is 5.92 Å². The molecule has 3 aromatic rings. The van der Waals surface area contributed by atoms with Crippen molar-refractivity contribution in [2.24, 2.45) is 5.92 Å². The summed E-state index contributed by atoms with van der Waals surface area (Å²) in [6.45, 7) is 2.51. The minimum absolute atomic E-state index is 0.112. The monoisotopic (exact) mass is 413 g/mol. The molecule has 31 heavy (non-hydrogen) atoms. The van der Waals surface area contributed by atoms with Crippen molar-refractivity contribution in [1.82, 2.24) is 5.32 Å². The van der Waals surface area contributed by atoms with Gasteiger partial charge in [-0.2, -0.15) is 0 Å². The molecule has 4 heteroatoms. The number of hydrogen-bond acceptors (Lipinski definition) is 3. The highest BCUT2D eigenvalue weighted by Gasteiger charge is 2.32. The summed E-state index contributed by atoms with van der Waals surface area (Å²) in [6.07, 6.45) is 2.01. The van der Waals surface area contributed by atoms with E-state index in [1.807, 2.05) is 43.4 Å². The van der Waals surface area contributed by atoms with Gasteiger partial charge in [-0.15, -0.1) is 0 Å². The summed E-state index contributed by atoms with van der Waals surface area (Å²) in [4.78, 5) is 15.7. The predicted octanol–water partition coefficient (Wildman–Crippen LogP) is 5.04. The van der Waals surface area contributed by atoms with Crippen LogP contribution in [-0.2, 0) is 11.3 Å². The Labute approximate surface area is 185 Å². The molecule has 0 aliphatic carbocycles. The Bertz CT molecular complexity index is 949. The van der Waals surface area contributed by atoms with Gasteiger partial charge >= 0.3 is 0 Å². The number of carbonyl (C=O) groups is 1. The van der Waals surface area contributed by atoms with Gasteiger partial charge in [0.15, 0.2) is 0 Å². The normalized spacial score (nSPS) is 15.3. The van der Waals surface area contributed by atoms with Crippen LogP contribution in [0.2, 0.25) is 0 Å². The SMILES string of the molecule is CNc1ccc(N2CCC(C(C(=O)NCc3ccccc3)c3ccccc3)CC2)cc1. The fourth-order valence-electron chi connectivity index (χ4n) is 4.52. The highest BCUT2D eigenvalue weighted by Crippen LogP contribution is 2.34. The van der Waals surface area contributed by atoms with Crippen LogP contribution in [0.25, 0.3) is 0 Å². The summed E-state index contributed by atoms with van der Waals surface area (Å²) in [7, 11) is 1.94. The summed E-state index contributed by atoms with van der Waals surface area (Å²) in [5, 5.41) is 6.36. The molecule has 1 atom stereocenters. The van der Waals surface area contributed by atoms with Gasteiger partial charge in [-0.1, -0.05) is 60.7 Å². The third-order valence-corrected chi connectivity index (χ3v) is 6.28. The van der Waals surface area contributed by atoms with E-state index in [-0.39, 0.29) is 11.8 Å². The van der Waals surface area contributed by atoms with E-state index < -0.39 is 0 Å². The first-order valence-corrected chi connectivity index (χ1v) is 11.1. The van der Waals surface area contributed by atoms with Gasteiger partial charge in [0.1, 0.15) is 0 Å². The number of anilines is 2. The lowest BCUT2D eigenvalue weighted by atomic mass is 9.79. The summed E-state index contributed by atoms with van der Waals surface area (Å²) in [6, 6.07) is 29.0. The third kappa shape index (κ3) is 5.26. The van der Waals surface area contributed by atoms with Crippen LogP contribution < -0.4 is 15.5 Å². The number of amides is 1. The highest BCUT2D eigenvalue weighted by atomic mass is 16.1. The molecule has 1 heterocycles. The Hall–Kier alpha value is -3.27. The second kappa shape index (κ2) is 10.2. The maximum absolute atomic E-state index is 13.3. The molecule has 160 valence electrons. The van der Waals surface area contributed by atoms with Crippen LogP contribution in [0, 0.1) is 5.92 Å². The molecular weight excluding hydrogens is 382 g/mol. The number of nitrogens with zero attached hydrogens (tertiary/aromatic N) is 1. The van der Waals surface area contributed by atoms with E-state index >= 15 is 0 Å². The Morgan fingerprint density at radius 3 is 2.13 bits per heavy atom. The zero-order chi connectivity index (χ0) is 21.5. The van der Waals surface area contributed by atoms with Gasteiger partial charge in [0.2, 0.25) is 5.91 Å². The zero-order valence-electron chi connectivity index (χ0n) is 18.1. The second-order valence-corrected chi connectivity index (χ2v) is 8.21. The van der Waals surface area contributed by atoms with Crippen molar-refractivity contribution < 1.29 is 4.79 Å². The fraction of sp³-hybridized carbons (Fsp3) is 0.296. The van der Waals surface area contributed by atoms with Crippen molar-refractivity contribution >= 4 is 17.3 Å². The van der Waals surface area contributed by atoms with Gasteiger partial charge in [0.25, 0.3) is 0 Å². The molecule has 1 saturated heterocycles. The Balaban J connectivity index is 1.44. The first-order valence-electron chi connectivity index (χ1n) is 11.1. The Kier molecular flexibility index (Phi) is 6.88. The summed E-state index contributed by atoms with van der Waals surface area (Å²) < 4.78 is 0. The number of piperidine rings is 1. The molecule has 0 saturated carbocycles. The number of hydrogen-bond donors (Lipinski definition) is 2. The number of carbonyl (C=O) groups excluding carboxylic acids is 1. The zero-order valence-corrected chi connectivity index (χ0v) is 18.1. The molecule has 0 radical (unpaired) electrons. The molecule has 1 unspecified atom stereocenters. The first-order chi connectivity index (χ1) is 15.2. The Morgan fingerprint density at radius 2 is 1.52 bits per heavy atom. The third-order valence-electron chi connectivity index (χ3n) is 6.28. The molecule has 1 fully saturated rings. The molecule has 1 aliphatic heterocycles. The maximum atomic E-state index is 13.3. The topological polar surface area (TPSA) is 44.4 Å². The molecule has 0 bridgehead atoms. The molecule has 4 rings (SSSR count). The minimum atomic E-state index is -0.112. The quantitative estimate of drug-likeness (QED) is 0.570. The molecular formula is C27H31N3O. The standard InChI is InChI=1S/C27H31N3O/c1-28-24-12-14-25(15-13-24)30-18-16-23(17-19-30)26(22-10-6-3-7-11-22)27(31)29-20-21-8-4-2-5-9-21/h2-15,23,26,28H,16-20H2,1H3,(H,29,31). The van der Waals surface area contributed by atoms with Crippen molar-refractivity contribution in [3.05, 3.63) is 96.1 Å². The molecule has 0 aromatic heterocycles. The van der Waals surface area contributed by atoms with E-state index in [1.54, 1.807) is 0 Å². The van der Waals surface area contributed by atoms with E-state index in [0.717, 1.165) is 42.7 Å². The van der Waals surface area contributed by atoms with Crippen molar-refractivity contribution in [2.75, 3.05) is 30.4 Å². The molecule has 1 aliphatic rings. The van der Waals surface area contributed by atoms with Crippen LogP contribution in [0.5, 0.6) is 0 Å². The van der Waals surface area contributed by atoms with Crippen molar-refractivity contribution in [1.29, 1.82) is 0 Å². The largest absolute Gasteiger partial charge is 0.388 e. The van der Waals surface area contributed by atoms with Crippen LogP contribution in [0.15, 0.2) is 84.9 Å². The van der Waals surface area contributed by atoms with E-state index in [9.17, 15) is 4.79 Å². The minimum Gasteiger partial charge on any atom is -0.388 e. The van der Waals surface area contributed by atoms with Crippen molar-refractivity contribution in [3.63, 3.8) is 0 Å².